The van der Waals surface area contributed by atoms with E-state index in [-0.39, 0.29) is 24.0 Å². The van der Waals surface area contributed by atoms with Gasteiger partial charge in [-0.1, -0.05) is 0 Å². The average Bonchev–Trinajstić information content (AvgIpc) is 3.18. The summed E-state index contributed by atoms with van der Waals surface area (Å²) in [6, 6.07) is 4.92. The molecule has 3 heterocycles. The lowest BCUT2D eigenvalue weighted by Crippen LogP contribution is -2.25. The van der Waals surface area contributed by atoms with Crippen LogP contribution in [-0.2, 0) is 6.54 Å². The van der Waals surface area contributed by atoms with Crippen molar-refractivity contribution in [1.29, 1.82) is 0 Å². The van der Waals surface area contributed by atoms with E-state index < -0.39 is 5.91 Å². The molecule has 0 atom stereocenters. The fourth-order valence-electron chi connectivity index (χ4n) is 1.99. The van der Waals surface area contributed by atoms with E-state index in [0.29, 0.717) is 11.5 Å². The molecule has 23 heavy (non-hydrogen) atoms. The number of carbonyl (C=O) groups excluding carboxylic acids is 2. The summed E-state index contributed by atoms with van der Waals surface area (Å²) in [6.45, 7) is 1.96. The highest BCUT2D eigenvalue weighted by Crippen LogP contribution is 2.08. The second kappa shape index (κ2) is 5.87. The van der Waals surface area contributed by atoms with Crippen molar-refractivity contribution in [2.45, 2.75) is 13.5 Å². The third kappa shape index (κ3) is 2.89. The van der Waals surface area contributed by atoms with Crippen molar-refractivity contribution < 1.29 is 14.0 Å². The van der Waals surface area contributed by atoms with Crippen LogP contribution in [0.1, 0.15) is 32.6 Å². The first kappa shape index (κ1) is 14.7. The molecule has 3 aromatic rings. The number of nitrogens with one attached hydrogen (secondary N) is 2. The molecule has 0 spiro atoms. The van der Waals surface area contributed by atoms with Crippen LogP contribution in [-0.4, -0.2) is 38.4 Å². The second-order valence-corrected chi connectivity index (χ2v) is 4.79. The standard InChI is InChI=1S/C14H14N6O3/c1-8-5-6-20-11(18-19-14(20)17-8)13(22)16-7-9-3-4-10(23-9)12(21)15-2/h3-6H,7H2,1-2H3,(H,15,21)(H,16,22). The van der Waals surface area contributed by atoms with Gasteiger partial charge in [0.2, 0.25) is 5.82 Å². The Morgan fingerprint density at radius 3 is 2.83 bits per heavy atom. The number of carbonyl (C=O) groups is 2. The summed E-state index contributed by atoms with van der Waals surface area (Å²) in [5, 5.41) is 12.8. The number of hydrogen-bond donors (Lipinski definition) is 2. The molecule has 0 unspecified atom stereocenters. The van der Waals surface area contributed by atoms with Crippen molar-refractivity contribution in [3.8, 4) is 0 Å². The number of furan rings is 1. The maximum absolute atomic E-state index is 12.2. The van der Waals surface area contributed by atoms with Crippen molar-refractivity contribution in [2.24, 2.45) is 0 Å². The van der Waals surface area contributed by atoms with Gasteiger partial charge in [-0.25, -0.2) is 4.98 Å². The summed E-state index contributed by atoms with van der Waals surface area (Å²) in [5.74, 6) is 0.387. The summed E-state index contributed by atoms with van der Waals surface area (Å²) in [4.78, 5) is 27.8. The molecule has 9 heteroatoms. The topological polar surface area (TPSA) is 114 Å². The van der Waals surface area contributed by atoms with E-state index in [4.69, 9.17) is 4.42 Å². The molecule has 0 saturated heterocycles. The predicted molar refractivity (Wildman–Crippen MR) is 78.8 cm³/mol. The van der Waals surface area contributed by atoms with Crippen LogP contribution in [0.5, 0.6) is 0 Å². The Kier molecular flexibility index (Phi) is 3.75. The highest BCUT2D eigenvalue weighted by atomic mass is 16.4. The van der Waals surface area contributed by atoms with E-state index in [9.17, 15) is 9.59 Å². The van der Waals surface area contributed by atoms with Crippen LogP contribution >= 0.6 is 0 Å². The first-order chi connectivity index (χ1) is 11.1. The predicted octanol–water partition coefficient (Wildman–Crippen LogP) is 0.315. The molecular formula is C14H14N6O3. The van der Waals surface area contributed by atoms with Crippen molar-refractivity contribution >= 4 is 17.6 Å². The lowest BCUT2D eigenvalue weighted by atomic mass is 10.4. The largest absolute Gasteiger partial charge is 0.454 e. The van der Waals surface area contributed by atoms with E-state index in [1.165, 1.54) is 11.4 Å². The molecule has 0 aliphatic heterocycles. The molecule has 9 nitrogen and oxygen atoms in total. The van der Waals surface area contributed by atoms with E-state index in [1.807, 2.05) is 6.92 Å². The van der Waals surface area contributed by atoms with E-state index in [0.717, 1.165) is 5.69 Å². The van der Waals surface area contributed by atoms with Crippen molar-refractivity contribution in [1.82, 2.24) is 30.2 Å². The summed E-state index contributed by atoms with van der Waals surface area (Å²) in [7, 11) is 1.51. The highest BCUT2D eigenvalue weighted by molar-refractivity contribution is 5.92. The van der Waals surface area contributed by atoms with Gasteiger partial charge in [0.05, 0.1) is 6.54 Å². The number of aryl methyl sites for hydroxylation is 1. The van der Waals surface area contributed by atoms with Gasteiger partial charge in [-0.2, -0.15) is 0 Å². The molecule has 2 N–H and O–H groups in total. The second-order valence-electron chi connectivity index (χ2n) is 4.79. The first-order valence-corrected chi connectivity index (χ1v) is 6.86. The molecular weight excluding hydrogens is 300 g/mol. The molecule has 0 bridgehead atoms. The zero-order chi connectivity index (χ0) is 16.4. The fourth-order valence-corrected chi connectivity index (χ4v) is 1.99. The Hall–Kier alpha value is -3.23. The van der Waals surface area contributed by atoms with Gasteiger partial charge in [-0.05, 0) is 25.1 Å². The van der Waals surface area contributed by atoms with Gasteiger partial charge in [0.25, 0.3) is 17.6 Å². The maximum Gasteiger partial charge on any atom is 0.290 e. The van der Waals surface area contributed by atoms with Gasteiger partial charge < -0.3 is 15.1 Å². The molecule has 0 aliphatic carbocycles. The molecule has 3 rings (SSSR count). The molecule has 0 radical (unpaired) electrons. The average molecular weight is 314 g/mol. The quantitative estimate of drug-likeness (QED) is 0.716. The summed E-state index contributed by atoms with van der Waals surface area (Å²) in [5.41, 5.74) is 0.786. The summed E-state index contributed by atoms with van der Waals surface area (Å²) in [6.07, 6.45) is 1.68. The van der Waals surface area contributed by atoms with Crippen molar-refractivity contribution in [3.05, 3.63) is 47.4 Å². The minimum absolute atomic E-state index is 0.129. The molecule has 0 aliphatic rings. The fraction of sp³-hybridized carbons (Fsp3) is 0.214. The number of hydrogen-bond acceptors (Lipinski definition) is 6. The Labute approximate surface area is 130 Å². The number of aromatic nitrogens is 4. The molecule has 0 fully saturated rings. The molecule has 0 saturated carbocycles. The Balaban J connectivity index is 1.71. The van der Waals surface area contributed by atoms with E-state index in [1.54, 1.807) is 24.4 Å². The molecule has 118 valence electrons. The highest BCUT2D eigenvalue weighted by Gasteiger charge is 2.16. The van der Waals surface area contributed by atoms with E-state index >= 15 is 0 Å². The molecule has 3 aromatic heterocycles. The lowest BCUT2D eigenvalue weighted by Gasteiger charge is -2.02. The van der Waals surface area contributed by atoms with Crippen LogP contribution in [0.2, 0.25) is 0 Å². The molecule has 0 aromatic carbocycles. The van der Waals surface area contributed by atoms with Gasteiger partial charge in [0, 0.05) is 18.9 Å². The Morgan fingerprint density at radius 2 is 2.04 bits per heavy atom. The lowest BCUT2D eigenvalue weighted by molar-refractivity contribution is 0.0932. The first-order valence-electron chi connectivity index (χ1n) is 6.86. The number of nitrogens with zero attached hydrogens (tertiary/aromatic N) is 4. The van der Waals surface area contributed by atoms with Crippen LogP contribution < -0.4 is 10.6 Å². The number of rotatable bonds is 4. The minimum atomic E-state index is -0.416. The van der Waals surface area contributed by atoms with Gasteiger partial charge in [0.15, 0.2) is 5.76 Å². The van der Waals surface area contributed by atoms with Crippen molar-refractivity contribution in [3.63, 3.8) is 0 Å². The molecule has 2 amide bonds. The smallest absolute Gasteiger partial charge is 0.290 e. The summed E-state index contributed by atoms with van der Waals surface area (Å²) < 4.78 is 6.83. The van der Waals surface area contributed by atoms with Gasteiger partial charge in [-0.15, -0.1) is 10.2 Å². The van der Waals surface area contributed by atoms with Crippen LogP contribution in [0, 0.1) is 6.92 Å². The Bertz CT molecular complexity index is 882. The normalized spacial score (nSPS) is 10.7. The number of fused-ring (bicyclic) bond motifs is 1. The van der Waals surface area contributed by atoms with E-state index in [2.05, 4.69) is 25.8 Å². The van der Waals surface area contributed by atoms with Crippen LogP contribution in [0.25, 0.3) is 5.78 Å². The van der Waals surface area contributed by atoms with Crippen LogP contribution in [0.4, 0.5) is 0 Å². The van der Waals surface area contributed by atoms with Crippen molar-refractivity contribution in [2.75, 3.05) is 7.05 Å². The summed E-state index contributed by atoms with van der Waals surface area (Å²) >= 11 is 0. The minimum Gasteiger partial charge on any atom is -0.454 e. The zero-order valence-electron chi connectivity index (χ0n) is 12.5. The third-order valence-corrected chi connectivity index (χ3v) is 3.16. The number of amides is 2. The van der Waals surface area contributed by atoms with Gasteiger partial charge in [-0.3, -0.25) is 14.0 Å². The monoisotopic (exact) mass is 314 g/mol. The SMILES string of the molecule is CNC(=O)c1ccc(CNC(=O)c2nnc3nc(C)ccn23)o1. The third-order valence-electron chi connectivity index (χ3n) is 3.16. The maximum atomic E-state index is 12.2. The van der Waals surface area contributed by atoms with Gasteiger partial charge in [0.1, 0.15) is 5.76 Å². The zero-order valence-corrected chi connectivity index (χ0v) is 12.5. The van der Waals surface area contributed by atoms with Gasteiger partial charge >= 0.3 is 0 Å². The van der Waals surface area contributed by atoms with Crippen LogP contribution in [0.15, 0.2) is 28.8 Å². The Morgan fingerprint density at radius 1 is 1.22 bits per heavy atom. The van der Waals surface area contributed by atoms with Crippen LogP contribution in [0.3, 0.4) is 0 Å².